The Morgan fingerprint density at radius 3 is 2.40 bits per heavy atom. The van der Waals surface area contributed by atoms with E-state index in [1.54, 1.807) is 42.5 Å². The van der Waals surface area contributed by atoms with E-state index in [0.717, 1.165) is 21.5 Å². The maximum atomic E-state index is 15.2. The van der Waals surface area contributed by atoms with Gasteiger partial charge in [-0.2, -0.15) is 5.01 Å². The van der Waals surface area contributed by atoms with Gasteiger partial charge in [0.15, 0.2) is 11.6 Å². The van der Waals surface area contributed by atoms with Gasteiger partial charge in [-0.25, -0.2) is 4.39 Å². The number of hydrogen-bond donors (Lipinski definition) is 2. The number of allylic oxidation sites excluding steroid dienone is 2. The van der Waals surface area contributed by atoms with E-state index in [1.807, 2.05) is 48.7 Å². The highest BCUT2D eigenvalue weighted by molar-refractivity contribution is 7.09. The van der Waals surface area contributed by atoms with Gasteiger partial charge in [-0.05, 0) is 60.9 Å². The fraction of sp³-hybridized carbons (Fsp3) is 0.263. The summed E-state index contributed by atoms with van der Waals surface area (Å²) in [4.78, 5) is 59.9. The summed E-state index contributed by atoms with van der Waals surface area (Å²) in [6, 6.07) is 24.2. The number of likely N-dealkylation sites (tertiary alicyclic amines) is 1. The van der Waals surface area contributed by atoms with Crippen LogP contribution in [0.15, 0.2) is 102 Å². The average Bonchev–Trinajstić information content (AvgIpc) is 3.76. The third kappa shape index (κ3) is 4.31. The van der Waals surface area contributed by atoms with Crippen LogP contribution >= 0.6 is 11.3 Å². The Bertz CT molecular complexity index is 2000. The zero-order valence-corrected chi connectivity index (χ0v) is 26.8. The predicted octanol–water partition coefficient (Wildman–Crippen LogP) is 6.09. The number of benzene rings is 3. The summed E-state index contributed by atoms with van der Waals surface area (Å²) in [7, 11) is 0. The standard InChI is InChI=1S/C38H32FN3O5S/c1-21-12-14-23(15-13-21)40-42-35(45)29-19-28-25(16-17-26-31(28)36(46)41(34(26)44)20-24-9-6-18-48-24)32(27-10-5-11-30(39)33(27)43)38(29,37(42)47)22-7-3-2-4-8-22/h2-16,18,26,28-29,31-32,40,43H,17,19-20H2,1H3/t26-,28+,29-,31-,32+,38+/m0/s1. The largest absolute Gasteiger partial charge is 0.505 e. The number of amides is 4. The Kier molecular flexibility index (Phi) is 7.10. The van der Waals surface area contributed by atoms with Crippen LogP contribution in [-0.2, 0) is 31.1 Å². The van der Waals surface area contributed by atoms with Crippen LogP contribution in [0.1, 0.15) is 40.3 Å². The first-order chi connectivity index (χ1) is 23.2. The Labute approximate surface area is 280 Å². The van der Waals surface area contributed by atoms with E-state index in [2.05, 4.69) is 5.43 Å². The molecule has 0 unspecified atom stereocenters. The molecule has 0 spiro atoms. The molecule has 0 bridgehead atoms. The number of phenols is 1. The highest BCUT2D eigenvalue weighted by atomic mass is 32.1. The fourth-order valence-corrected chi connectivity index (χ4v) is 9.33. The van der Waals surface area contributed by atoms with Crippen LogP contribution in [0.25, 0.3) is 0 Å². The zero-order chi connectivity index (χ0) is 33.3. The molecule has 3 fully saturated rings. The van der Waals surface area contributed by atoms with Crippen molar-refractivity contribution < 1.29 is 28.7 Å². The van der Waals surface area contributed by atoms with E-state index in [4.69, 9.17) is 0 Å². The van der Waals surface area contributed by atoms with Crippen LogP contribution < -0.4 is 5.43 Å². The Balaban J connectivity index is 1.31. The van der Waals surface area contributed by atoms with E-state index in [0.29, 0.717) is 16.8 Å². The van der Waals surface area contributed by atoms with Crippen molar-refractivity contribution in [3.8, 4) is 5.75 Å². The monoisotopic (exact) mass is 661 g/mol. The highest BCUT2D eigenvalue weighted by Gasteiger charge is 2.70. The third-order valence-electron chi connectivity index (χ3n) is 10.7. The molecule has 3 heterocycles. The molecule has 2 N–H and O–H groups in total. The van der Waals surface area contributed by atoms with Crippen molar-refractivity contribution in [3.05, 3.63) is 129 Å². The number of carbonyl (C=O) groups is 4. The number of nitrogens with zero attached hydrogens (tertiary/aromatic N) is 2. The average molecular weight is 662 g/mol. The number of carbonyl (C=O) groups excluding carboxylic acids is 4. The van der Waals surface area contributed by atoms with Crippen molar-refractivity contribution in [3.63, 3.8) is 0 Å². The molecule has 2 saturated heterocycles. The van der Waals surface area contributed by atoms with Crippen molar-refractivity contribution >= 4 is 40.7 Å². The molecule has 2 aliphatic heterocycles. The van der Waals surface area contributed by atoms with Crippen LogP contribution in [0, 0.1) is 36.4 Å². The lowest BCUT2D eigenvalue weighted by molar-refractivity contribution is -0.141. The van der Waals surface area contributed by atoms with E-state index in [-0.39, 0.29) is 36.8 Å². The molecule has 3 aromatic carbocycles. The summed E-state index contributed by atoms with van der Waals surface area (Å²) in [6.45, 7) is 2.10. The van der Waals surface area contributed by atoms with Crippen LogP contribution in [0.3, 0.4) is 0 Å². The normalized spacial score (nSPS) is 27.9. The van der Waals surface area contributed by atoms with Crippen molar-refractivity contribution in [1.29, 1.82) is 0 Å². The number of aromatic hydroxyl groups is 1. The SMILES string of the molecule is Cc1ccc(NN2C(=O)[C@@H]3C[C@@H]4C(=CC[C@@H]5C(=O)N(Cc6cccs6)C(=O)[C@@H]54)[C@H](c4cccc(F)c4O)[C@]3(c3ccccc3)C2=O)cc1. The number of thiophene rings is 1. The molecule has 242 valence electrons. The molecule has 4 aromatic rings. The second-order valence-electron chi connectivity index (χ2n) is 13.1. The molecule has 8 nitrogen and oxygen atoms in total. The Morgan fingerprint density at radius 1 is 0.896 bits per heavy atom. The Hall–Kier alpha value is -5.09. The number of nitrogens with one attached hydrogen (secondary N) is 1. The van der Waals surface area contributed by atoms with Gasteiger partial charge >= 0.3 is 0 Å². The molecule has 0 radical (unpaired) electrons. The van der Waals surface area contributed by atoms with Gasteiger partial charge in [0.1, 0.15) is 0 Å². The molecule has 4 amide bonds. The van der Waals surface area contributed by atoms with Crippen LogP contribution in [0.4, 0.5) is 10.1 Å². The summed E-state index contributed by atoms with van der Waals surface area (Å²) in [5.74, 6) is -7.03. The number of phenolic OH excluding ortho intramolecular Hbond substituents is 1. The molecule has 1 saturated carbocycles. The number of aryl methyl sites for hydroxylation is 1. The summed E-state index contributed by atoms with van der Waals surface area (Å²) < 4.78 is 15.2. The molecule has 1 aromatic heterocycles. The minimum Gasteiger partial charge on any atom is -0.505 e. The zero-order valence-electron chi connectivity index (χ0n) is 26.0. The highest BCUT2D eigenvalue weighted by Crippen LogP contribution is 2.65. The van der Waals surface area contributed by atoms with Crippen molar-refractivity contribution in [2.45, 2.75) is 37.6 Å². The molecule has 6 atom stereocenters. The Morgan fingerprint density at radius 2 is 1.67 bits per heavy atom. The molecule has 2 aliphatic carbocycles. The number of anilines is 1. The number of hydrazine groups is 1. The number of hydrogen-bond acceptors (Lipinski definition) is 7. The fourth-order valence-electron chi connectivity index (χ4n) is 8.64. The smallest absolute Gasteiger partial charge is 0.260 e. The maximum absolute atomic E-state index is 15.2. The number of rotatable bonds is 6. The number of halogens is 1. The van der Waals surface area contributed by atoms with E-state index >= 15 is 9.18 Å². The topological polar surface area (TPSA) is 107 Å². The summed E-state index contributed by atoms with van der Waals surface area (Å²) in [5.41, 5.74) is 4.36. The lowest BCUT2D eigenvalue weighted by Crippen LogP contribution is -2.53. The molecule has 8 rings (SSSR count). The number of para-hydroxylation sites is 1. The van der Waals surface area contributed by atoms with E-state index < -0.39 is 58.4 Å². The van der Waals surface area contributed by atoms with Crippen LogP contribution in [0.5, 0.6) is 5.75 Å². The van der Waals surface area contributed by atoms with Gasteiger partial charge in [0.2, 0.25) is 11.8 Å². The first-order valence-corrected chi connectivity index (χ1v) is 16.9. The third-order valence-corrected chi connectivity index (χ3v) is 11.6. The maximum Gasteiger partial charge on any atom is 0.260 e. The first-order valence-electron chi connectivity index (χ1n) is 16.0. The van der Waals surface area contributed by atoms with Gasteiger partial charge in [0.25, 0.3) is 11.8 Å². The van der Waals surface area contributed by atoms with E-state index in [9.17, 15) is 19.5 Å². The summed E-state index contributed by atoms with van der Waals surface area (Å²) in [6.07, 6.45) is 2.27. The van der Waals surface area contributed by atoms with Crippen molar-refractivity contribution in [1.82, 2.24) is 9.91 Å². The van der Waals surface area contributed by atoms with Gasteiger partial charge in [-0.1, -0.05) is 77.9 Å². The lowest BCUT2D eigenvalue weighted by Gasteiger charge is -2.50. The van der Waals surface area contributed by atoms with Gasteiger partial charge in [0, 0.05) is 16.4 Å². The molecule has 4 aliphatic rings. The van der Waals surface area contributed by atoms with Gasteiger partial charge in [-0.3, -0.25) is 29.5 Å². The lowest BCUT2D eigenvalue weighted by atomic mass is 9.49. The molecular formula is C38H32FN3O5S. The molecular weight excluding hydrogens is 629 g/mol. The second kappa shape index (κ2) is 11.3. The summed E-state index contributed by atoms with van der Waals surface area (Å²) >= 11 is 1.47. The second-order valence-corrected chi connectivity index (χ2v) is 14.1. The van der Waals surface area contributed by atoms with Crippen molar-refractivity contribution in [2.75, 3.05) is 5.43 Å². The number of imide groups is 2. The number of fused-ring (bicyclic) bond motifs is 4. The van der Waals surface area contributed by atoms with Crippen molar-refractivity contribution in [2.24, 2.45) is 23.7 Å². The predicted molar refractivity (Wildman–Crippen MR) is 177 cm³/mol. The molecule has 10 heteroatoms. The van der Waals surface area contributed by atoms with Crippen LogP contribution in [0.2, 0.25) is 0 Å². The quantitative estimate of drug-likeness (QED) is 0.192. The van der Waals surface area contributed by atoms with Gasteiger partial charge in [0.05, 0.1) is 35.4 Å². The molecule has 48 heavy (non-hydrogen) atoms. The van der Waals surface area contributed by atoms with E-state index in [1.165, 1.54) is 22.3 Å². The minimum atomic E-state index is -1.58. The minimum absolute atomic E-state index is 0.122. The van der Waals surface area contributed by atoms with Gasteiger partial charge in [-0.15, -0.1) is 11.3 Å². The first kappa shape index (κ1) is 30.3. The van der Waals surface area contributed by atoms with Gasteiger partial charge < -0.3 is 5.11 Å². The summed E-state index contributed by atoms with van der Waals surface area (Å²) in [5, 5.41) is 14.3. The van der Waals surface area contributed by atoms with Crippen LogP contribution in [-0.4, -0.2) is 38.6 Å².